The van der Waals surface area contributed by atoms with Crippen molar-refractivity contribution in [3.63, 3.8) is 0 Å². The largest absolute Gasteiger partial charge is 0.493 e. The van der Waals surface area contributed by atoms with Gasteiger partial charge >= 0.3 is 0 Å². The third-order valence-electron chi connectivity index (χ3n) is 4.92. The molecule has 1 aliphatic carbocycles. The number of fused-ring (bicyclic) bond motifs is 2. The van der Waals surface area contributed by atoms with Crippen LogP contribution < -0.4 is 14.2 Å². The van der Waals surface area contributed by atoms with Gasteiger partial charge in [0, 0.05) is 16.8 Å². The van der Waals surface area contributed by atoms with Gasteiger partial charge in [-0.15, -0.1) is 10.2 Å². The summed E-state index contributed by atoms with van der Waals surface area (Å²) in [4.78, 5) is 0.702. The van der Waals surface area contributed by atoms with Crippen LogP contribution in [-0.4, -0.2) is 51.3 Å². The van der Waals surface area contributed by atoms with Crippen molar-refractivity contribution in [2.75, 3.05) is 21.3 Å². The van der Waals surface area contributed by atoms with Crippen LogP contribution in [0.1, 0.15) is 17.7 Å². The summed E-state index contributed by atoms with van der Waals surface area (Å²) in [5.74, 6) is 2.36. The molecule has 1 aliphatic rings. The highest BCUT2D eigenvalue weighted by Crippen LogP contribution is 2.42. The number of nitrogens with one attached hydrogen (secondary N) is 1. The molecule has 0 atom stereocenters. The van der Waals surface area contributed by atoms with E-state index < -0.39 is 0 Å². The average Bonchev–Trinajstić information content (AvgIpc) is 3.47. The SMILES string of the molecule is COc1cc(-c2nn3c(-c4n[nH]c5c4CCC5)nnc3s2)cc(OC)c1OC. The second-order valence-corrected chi connectivity index (χ2v) is 7.38. The first-order valence-corrected chi connectivity index (χ1v) is 9.64. The minimum Gasteiger partial charge on any atom is -0.493 e. The third-order valence-corrected chi connectivity index (χ3v) is 5.87. The zero-order chi connectivity index (χ0) is 19.3. The van der Waals surface area contributed by atoms with E-state index in [0.29, 0.717) is 28.0 Å². The van der Waals surface area contributed by atoms with Crippen LogP contribution in [-0.2, 0) is 12.8 Å². The Labute approximate surface area is 164 Å². The highest BCUT2D eigenvalue weighted by Gasteiger charge is 2.25. The molecule has 0 spiro atoms. The van der Waals surface area contributed by atoms with Crippen molar-refractivity contribution in [2.24, 2.45) is 0 Å². The Morgan fingerprint density at radius 1 is 1.04 bits per heavy atom. The number of H-pyrrole nitrogens is 1. The molecule has 9 nitrogen and oxygen atoms in total. The Morgan fingerprint density at radius 3 is 2.54 bits per heavy atom. The number of aromatic amines is 1. The van der Waals surface area contributed by atoms with Crippen LogP contribution in [0.2, 0.25) is 0 Å². The van der Waals surface area contributed by atoms with Crippen LogP contribution in [0.4, 0.5) is 0 Å². The van der Waals surface area contributed by atoms with E-state index in [1.54, 1.807) is 25.8 Å². The monoisotopic (exact) mass is 398 g/mol. The summed E-state index contributed by atoms with van der Waals surface area (Å²) in [6.45, 7) is 0. The summed E-state index contributed by atoms with van der Waals surface area (Å²) in [6, 6.07) is 3.75. The first kappa shape index (κ1) is 17.0. The van der Waals surface area contributed by atoms with Crippen molar-refractivity contribution < 1.29 is 14.2 Å². The number of aromatic nitrogens is 6. The number of methoxy groups -OCH3 is 3. The van der Waals surface area contributed by atoms with Gasteiger partial charge in [0.2, 0.25) is 16.5 Å². The van der Waals surface area contributed by atoms with Gasteiger partial charge in [0.1, 0.15) is 10.7 Å². The van der Waals surface area contributed by atoms with Gasteiger partial charge < -0.3 is 14.2 Å². The Morgan fingerprint density at radius 2 is 1.82 bits per heavy atom. The normalized spacial score (nSPS) is 13.1. The first-order chi connectivity index (χ1) is 13.7. The molecule has 4 aromatic rings. The standard InChI is InChI=1S/C18H18N6O3S/c1-25-12-7-9(8-13(26-2)15(12)27-3)17-23-24-16(21-22-18(24)28-17)14-10-5-4-6-11(10)19-20-14/h7-8H,4-6H2,1-3H3,(H,19,20). The van der Waals surface area contributed by atoms with E-state index >= 15 is 0 Å². The highest BCUT2D eigenvalue weighted by atomic mass is 32.1. The van der Waals surface area contributed by atoms with Crippen LogP contribution in [0.3, 0.4) is 0 Å². The maximum atomic E-state index is 5.45. The van der Waals surface area contributed by atoms with E-state index in [9.17, 15) is 0 Å². The summed E-state index contributed by atoms with van der Waals surface area (Å²) in [5.41, 5.74) is 4.09. The summed E-state index contributed by atoms with van der Waals surface area (Å²) in [6.07, 6.45) is 3.16. The first-order valence-electron chi connectivity index (χ1n) is 8.82. The van der Waals surface area contributed by atoms with Gasteiger partial charge in [-0.05, 0) is 31.4 Å². The Balaban J connectivity index is 1.63. The second-order valence-electron chi connectivity index (χ2n) is 6.42. The molecule has 0 aliphatic heterocycles. The molecule has 3 aromatic heterocycles. The lowest BCUT2D eigenvalue weighted by Gasteiger charge is -2.13. The molecular weight excluding hydrogens is 380 g/mol. The molecule has 0 saturated heterocycles. The number of nitrogens with zero attached hydrogens (tertiary/aromatic N) is 5. The van der Waals surface area contributed by atoms with E-state index in [2.05, 4.69) is 20.4 Å². The highest BCUT2D eigenvalue weighted by molar-refractivity contribution is 7.19. The van der Waals surface area contributed by atoms with Gasteiger partial charge in [0.15, 0.2) is 11.5 Å². The van der Waals surface area contributed by atoms with Gasteiger partial charge in [-0.2, -0.15) is 14.7 Å². The molecule has 0 unspecified atom stereocenters. The van der Waals surface area contributed by atoms with Gasteiger partial charge in [0.25, 0.3) is 0 Å². The summed E-state index contributed by atoms with van der Waals surface area (Å²) in [5, 5.41) is 21.7. The molecule has 0 bridgehead atoms. The molecule has 3 heterocycles. The van der Waals surface area contributed by atoms with Gasteiger partial charge in [-0.25, -0.2) is 0 Å². The fraction of sp³-hybridized carbons (Fsp3) is 0.333. The summed E-state index contributed by atoms with van der Waals surface area (Å²) < 4.78 is 18.1. The number of hydrogen-bond donors (Lipinski definition) is 1. The lowest BCUT2D eigenvalue weighted by Crippen LogP contribution is -1.96. The van der Waals surface area contributed by atoms with E-state index in [0.717, 1.165) is 35.5 Å². The average molecular weight is 398 g/mol. The zero-order valence-corrected chi connectivity index (χ0v) is 16.5. The van der Waals surface area contributed by atoms with Crippen LogP contribution in [0.25, 0.3) is 27.1 Å². The Bertz CT molecular complexity index is 1150. The minimum absolute atomic E-state index is 0.546. The quantitative estimate of drug-likeness (QED) is 0.552. The molecule has 1 N–H and O–H groups in total. The predicted octanol–water partition coefficient (Wildman–Crippen LogP) is 2.76. The third kappa shape index (κ3) is 2.44. The number of hydrogen-bond acceptors (Lipinski definition) is 8. The van der Waals surface area contributed by atoms with E-state index in [-0.39, 0.29) is 0 Å². The van der Waals surface area contributed by atoms with Gasteiger partial charge in [0.05, 0.1) is 21.3 Å². The van der Waals surface area contributed by atoms with Crippen molar-refractivity contribution >= 4 is 16.3 Å². The van der Waals surface area contributed by atoms with E-state index in [4.69, 9.17) is 19.3 Å². The number of benzene rings is 1. The molecular formula is C18H18N6O3S. The molecule has 0 amide bonds. The topological polar surface area (TPSA) is 99.5 Å². The number of rotatable bonds is 5. The van der Waals surface area contributed by atoms with Crippen LogP contribution >= 0.6 is 11.3 Å². The molecule has 0 saturated carbocycles. The summed E-state index contributed by atoms with van der Waals surface area (Å²) >= 11 is 1.44. The van der Waals surface area contributed by atoms with E-state index in [1.165, 1.54) is 22.6 Å². The fourth-order valence-electron chi connectivity index (χ4n) is 3.59. The predicted molar refractivity (Wildman–Crippen MR) is 103 cm³/mol. The Kier molecular flexibility index (Phi) is 3.93. The van der Waals surface area contributed by atoms with E-state index in [1.807, 2.05) is 12.1 Å². The molecule has 0 radical (unpaired) electrons. The lowest BCUT2D eigenvalue weighted by atomic mass is 10.2. The maximum absolute atomic E-state index is 5.45. The van der Waals surface area contributed by atoms with Crippen molar-refractivity contribution in [3.8, 4) is 39.3 Å². The van der Waals surface area contributed by atoms with Crippen LogP contribution in [0.5, 0.6) is 17.2 Å². The number of aryl methyl sites for hydroxylation is 1. The van der Waals surface area contributed by atoms with Gasteiger partial charge in [-0.1, -0.05) is 11.3 Å². The summed E-state index contributed by atoms with van der Waals surface area (Å²) in [7, 11) is 4.77. The van der Waals surface area contributed by atoms with Gasteiger partial charge in [-0.3, -0.25) is 5.10 Å². The molecule has 0 fully saturated rings. The Hall–Kier alpha value is -3.14. The van der Waals surface area contributed by atoms with Crippen LogP contribution in [0.15, 0.2) is 12.1 Å². The zero-order valence-electron chi connectivity index (χ0n) is 15.6. The number of ether oxygens (including phenoxy) is 3. The molecule has 10 heteroatoms. The van der Waals surface area contributed by atoms with Crippen molar-refractivity contribution in [3.05, 3.63) is 23.4 Å². The molecule has 28 heavy (non-hydrogen) atoms. The van der Waals surface area contributed by atoms with Crippen LogP contribution in [0, 0.1) is 0 Å². The fourth-order valence-corrected chi connectivity index (χ4v) is 4.42. The van der Waals surface area contributed by atoms with Crippen molar-refractivity contribution in [1.29, 1.82) is 0 Å². The maximum Gasteiger partial charge on any atom is 0.235 e. The molecule has 1 aromatic carbocycles. The molecule has 144 valence electrons. The molecule has 5 rings (SSSR count). The second kappa shape index (κ2) is 6.48. The smallest absolute Gasteiger partial charge is 0.235 e. The lowest BCUT2D eigenvalue weighted by molar-refractivity contribution is 0.324. The van der Waals surface area contributed by atoms with Crippen molar-refractivity contribution in [2.45, 2.75) is 19.3 Å². The minimum atomic E-state index is 0.546. The van der Waals surface area contributed by atoms with Crippen molar-refractivity contribution in [1.82, 2.24) is 30.0 Å².